The molecule has 4 rings (SSSR count). The second-order valence-electron chi connectivity index (χ2n) is 6.82. The minimum absolute atomic E-state index is 0.00553. The number of hydrogen-bond donors (Lipinski definition) is 2. The molecule has 0 unspecified atom stereocenters. The van der Waals surface area contributed by atoms with E-state index in [-0.39, 0.29) is 12.2 Å². The fourth-order valence-electron chi connectivity index (χ4n) is 3.48. The number of aromatic amines is 1. The summed E-state index contributed by atoms with van der Waals surface area (Å²) in [5.74, 6) is -0.205. The number of H-pyrrole nitrogens is 1. The molecular formula is C19H20N4O4. The van der Waals surface area contributed by atoms with E-state index in [1.54, 1.807) is 0 Å². The molecular weight excluding hydrogens is 348 g/mol. The Kier molecular flexibility index (Phi) is 4.49. The van der Waals surface area contributed by atoms with Crippen LogP contribution in [0.15, 0.2) is 41.2 Å². The van der Waals surface area contributed by atoms with Crippen LogP contribution in [0.25, 0.3) is 17.2 Å². The van der Waals surface area contributed by atoms with Gasteiger partial charge in [0.1, 0.15) is 0 Å². The predicted molar refractivity (Wildman–Crippen MR) is 97.3 cm³/mol. The van der Waals surface area contributed by atoms with Crippen LogP contribution >= 0.6 is 0 Å². The quantitative estimate of drug-likeness (QED) is 0.716. The first-order valence-electron chi connectivity index (χ1n) is 8.99. The SMILES string of the molecule is O=C(O)C1(OCc2cc(=O)n3nc(-c4ccccc4)nc3[nH]2)CCCCC1. The topological polar surface area (TPSA) is 110 Å². The van der Waals surface area contributed by atoms with Crippen molar-refractivity contribution in [1.29, 1.82) is 0 Å². The van der Waals surface area contributed by atoms with Gasteiger partial charge in [0.05, 0.1) is 6.61 Å². The van der Waals surface area contributed by atoms with Crippen molar-refractivity contribution in [3.05, 3.63) is 52.4 Å². The summed E-state index contributed by atoms with van der Waals surface area (Å²) in [6.45, 7) is 0.00553. The second kappa shape index (κ2) is 6.96. The van der Waals surface area contributed by atoms with Gasteiger partial charge < -0.3 is 14.8 Å². The summed E-state index contributed by atoms with van der Waals surface area (Å²) in [4.78, 5) is 31.5. The third-order valence-corrected chi connectivity index (χ3v) is 4.97. The number of carboxylic acids is 1. The van der Waals surface area contributed by atoms with Crippen molar-refractivity contribution < 1.29 is 14.6 Å². The minimum atomic E-state index is -1.18. The summed E-state index contributed by atoms with van der Waals surface area (Å²) < 4.78 is 6.98. The molecule has 1 saturated carbocycles. The highest BCUT2D eigenvalue weighted by Crippen LogP contribution is 2.32. The van der Waals surface area contributed by atoms with Crippen LogP contribution in [0.5, 0.6) is 0 Å². The van der Waals surface area contributed by atoms with Crippen LogP contribution in [0.1, 0.15) is 37.8 Å². The maximum atomic E-state index is 12.4. The molecule has 0 amide bonds. The van der Waals surface area contributed by atoms with Gasteiger partial charge in [-0.2, -0.15) is 9.50 Å². The lowest BCUT2D eigenvalue weighted by Crippen LogP contribution is -2.43. The highest BCUT2D eigenvalue weighted by Gasteiger charge is 2.40. The van der Waals surface area contributed by atoms with Crippen LogP contribution in [0, 0.1) is 0 Å². The smallest absolute Gasteiger partial charge is 0.335 e. The van der Waals surface area contributed by atoms with Gasteiger partial charge in [-0.15, -0.1) is 5.10 Å². The molecule has 0 saturated heterocycles. The normalized spacial score (nSPS) is 16.4. The zero-order chi connectivity index (χ0) is 18.9. The fourth-order valence-corrected chi connectivity index (χ4v) is 3.48. The zero-order valence-corrected chi connectivity index (χ0v) is 14.7. The largest absolute Gasteiger partial charge is 0.479 e. The molecule has 2 heterocycles. The van der Waals surface area contributed by atoms with Crippen LogP contribution < -0.4 is 5.56 Å². The molecule has 140 valence electrons. The zero-order valence-electron chi connectivity index (χ0n) is 14.7. The summed E-state index contributed by atoms with van der Waals surface area (Å²) in [6.07, 6.45) is 3.64. The average molecular weight is 368 g/mol. The number of rotatable bonds is 5. The standard InChI is InChI=1S/C19H20N4O4/c24-15-11-14(12-27-19(17(25)26)9-5-2-6-10-19)20-18-21-16(22-23(15)18)13-7-3-1-4-8-13/h1,3-4,7-8,11H,2,5-6,9-10,12H2,(H,25,26)(H,20,21,22). The molecule has 3 aromatic rings. The molecule has 0 bridgehead atoms. The first kappa shape index (κ1) is 17.4. The highest BCUT2D eigenvalue weighted by atomic mass is 16.5. The van der Waals surface area contributed by atoms with Gasteiger partial charge in [-0.05, 0) is 25.7 Å². The van der Waals surface area contributed by atoms with Crippen molar-refractivity contribution in [1.82, 2.24) is 19.6 Å². The number of aromatic nitrogens is 4. The van der Waals surface area contributed by atoms with Crippen LogP contribution in [-0.2, 0) is 16.1 Å². The Labute approximate surface area is 154 Å². The Bertz CT molecular complexity index is 1020. The molecule has 27 heavy (non-hydrogen) atoms. The van der Waals surface area contributed by atoms with Crippen LogP contribution in [-0.4, -0.2) is 36.3 Å². The molecule has 8 heteroatoms. The lowest BCUT2D eigenvalue weighted by Gasteiger charge is -2.33. The number of carbonyl (C=O) groups is 1. The van der Waals surface area contributed by atoms with Gasteiger partial charge in [0.15, 0.2) is 11.4 Å². The third kappa shape index (κ3) is 3.35. The Morgan fingerprint density at radius 3 is 2.67 bits per heavy atom. The Morgan fingerprint density at radius 1 is 1.22 bits per heavy atom. The van der Waals surface area contributed by atoms with E-state index in [2.05, 4.69) is 15.1 Å². The number of aliphatic carboxylic acids is 1. The summed E-state index contributed by atoms with van der Waals surface area (Å²) in [5.41, 5.74) is -0.237. The van der Waals surface area contributed by atoms with Crippen molar-refractivity contribution in [2.24, 2.45) is 0 Å². The van der Waals surface area contributed by atoms with E-state index in [0.29, 0.717) is 30.1 Å². The van der Waals surface area contributed by atoms with E-state index in [9.17, 15) is 14.7 Å². The number of fused-ring (bicyclic) bond motifs is 1. The molecule has 0 atom stereocenters. The number of benzene rings is 1. The van der Waals surface area contributed by atoms with Gasteiger partial charge in [-0.1, -0.05) is 36.8 Å². The van der Waals surface area contributed by atoms with E-state index in [4.69, 9.17) is 4.74 Å². The van der Waals surface area contributed by atoms with E-state index >= 15 is 0 Å². The summed E-state index contributed by atoms with van der Waals surface area (Å²) >= 11 is 0. The molecule has 1 aliphatic carbocycles. The third-order valence-electron chi connectivity index (χ3n) is 4.97. The first-order chi connectivity index (χ1) is 13.1. The van der Waals surface area contributed by atoms with Crippen molar-refractivity contribution in [2.45, 2.75) is 44.3 Å². The number of ether oxygens (including phenoxy) is 1. The molecule has 0 radical (unpaired) electrons. The summed E-state index contributed by atoms with van der Waals surface area (Å²) in [7, 11) is 0. The van der Waals surface area contributed by atoms with E-state index < -0.39 is 11.6 Å². The molecule has 0 aliphatic heterocycles. The first-order valence-corrected chi connectivity index (χ1v) is 8.99. The number of hydrogen-bond acceptors (Lipinski definition) is 5. The molecule has 1 aliphatic rings. The molecule has 2 aromatic heterocycles. The molecule has 1 fully saturated rings. The molecule has 1 aromatic carbocycles. The highest BCUT2D eigenvalue weighted by molar-refractivity contribution is 5.77. The predicted octanol–water partition coefficient (Wildman–Crippen LogP) is 2.39. The van der Waals surface area contributed by atoms with Crippen molar-refractivity contribution >= 4 is 11.7 Å². The lowest BCUT2D eigenvalue weighted by atomic mass is 9.84. The second-order valence-corrected chi connectivity index (χ2v) is 6.82. The van der Waals surface area contributed by atoms with Gasteiger partial charge in [0.2, 0.25) is 5.78 Å². The number of nitrogens with zero attached hydrogens (tertiary/aromatic N) is 3. The average Bonchev–Trinajstić information content (AvgIpc) is 3.13. The minimum Gasteiger partial charge on any atom is -0.479 e. The van der Waals surface area contributed by atoms with Gasteiger partial charge in [-0.3, -0.25) is 4.79 Å². The van der Waals surface area contributed by atoms with Crippen molar-refractivity contribution in [2.75, 3.05) is 0 Å². The van der Waals surface area contributed by atoms with Gasteiger partial charge >= 0.3 is 5.97 Å². The monoisotopic (exact) mass is 368 g/mol. The van der Waals surface area contributed by atoms with Crippen molar-refractivity contribution in [3.8, 4) is 11.4 Å². The lowest BCUT2D eigenvalue weighted by molar-refractivity contribution is -0.173. The molecule has 0 spiro atoms. The maximum Gasteiger partial charge on any atom is 0.335 e. The van der Waals surface area contributed by atoms with Crippen LogP contribution in [0.3, 0.4) is 0 Å². The van der Waals surface area contributed by atoms with Gasteiger partial charge in [-0.25, -0.2) is 4.79 Å². The molecule has 8 nitrogen and oxygen atoms in total. The van der Waals surface area contributed by atoms with Crippen molar-refractivity contribution in [3.63, 3.8) is 0 Å². The Morgan fingerprint density at radius 2 is 1.96 bits per heavy atom. The van der Waals surface area contributed by atoms with Crippen LogP contribution in [0.4, 0.5) is 0 Å². The maximum absolute atomic E-state index is 12.4. The van der Waals surface area contributed by atoms with Crippen LogP contribution in [0.2, 0.25) is 0 Å². The van der Waals surface area contributed by atoms with Gasteiger partial charge in [0, 0.05) is 17.3 Å². The fraction of sp³-hybridized carbons (Fsp3) is 0.368. The Balaban J connectivity index is 1.61. The molecule has 2 N–H and O–H groups in total. The number of nitrogens with one attached hydrogen (secondary N) is 1. The van der Waals surface area contributed by atoms with E-state index in [1.165, 1.54) is 10.6 Å². The summed E-state index contributed by atoms with van der Waals surface area (Å²) in [6, 6.07) is 10.7. The van der Waals surface area contributed by atoms with E-state index in [1.807, 2.05) is 30.3 Å². The van der Waals surface area contributed by atoms with E-state index in [0.717, 1.165) is 24.8 Å². The number of carboxylic acid groups (broad SMARTS) is 1. The van der Waals surface area contributed by atoms with Gasteiger partial charge in [0.25, 0.3) is 5.56 Å². The Hall–Kier alpha value is -3.00. The summed E-state index contributed by atoms with van der Waals surface area (Å²) in [5, 5.41) is 13.8.